The highest BCUT2D eigenvalue weighted by Gasteiger charge is 2.34. The maximum Gasteiger partial charge on any atom is 0.167 e. The van der Waals surface area contributed by atoms with E-state index in [1.807, 2.05) is 37.3 Å². The van der Waals surface area contributed by atoms with E-state index < -0.39 is 5.79 Å². The molecule has 92 valence electrons. The van der Waals surface area contributed by atoms with Crippen LogP contribution in [0.5, 0.6) is 0 Å². The summed E-state index contributed by atoms with van der Waals surface area (Å²) in [4.78, 5) is 12.2. The summed E-state index contributed by atoms with van der Waals surface area (Å²) in [5.74, 6) is -0.604. The van der Waals surface area contributed by atoms with Crippen LogP contribution in [-0.4, -0.2) is 30.5 Å². The van der Waals surface area contributed by atoms with E-state index in [4.69, 9.17) is 9.47 Å². The highest BCUT2D eigenvalue weighted by molar-refractivity contribution is 8.00. The number of carbonyl (C=O) groups is 1. The van der Waals surface area contributed by atoms with E-state index in [-0.39, 0.29) is 5.25 Å². The minimum absolute atomic E-state index is 0.138. The van der Waals surface area contributed by atoms with Crippen molar-refractivity contribution in [2.24, 2.45) is 0 Å². The molecule has 0 saturated carbocycles. The van der Waals surface area contributed by atoms with Crippen molar-refractivity contribution < 1.29 is 14.3 Å². The molecule has 0 radical (unpaired) electrons. The van der Waals surface area contributed by atoms with Gasteiger partial charge in [0, 0.05) is 11.3 Å². The fraction of sp³-hybridized carbons (Fsp3) is 0.462. The molecule has 0 bridgehead atoms. The molecule has 1 saturated heterocycles. The molecule has 0 amide bonds. The number of benzene rings is 1. The summed E-state index contributed by atoms with van der Waals surface area (Å²) in [6.45, 7) is 3.11. The van der Waals surface area contributed by atoms with Crippen LogP contribution in [0.15, 0.2) is 35.2 Å². The summed E-state index contributed by atoms with van der Waals surface area (Å²) in [5.41, 5.74) is 0. The van der Waals surface area contributed by atoms with Crippen molar-refractivity contribution in [2.45, 2.75) is 29.3 Å². The minimum Gasteiger partial charge on any atom is -0.348 e. The van der Waals surface area contributed by atoms with Gasteiger partial charge in [-0.25, -0.2) is 0 Å². The second-order valence-corrected chi connectivity index (χ2v) is 5.45. The maximum absolute atomic E-state index is 11.1. The Bertz CT molecular complexity index is 360. The third-order valence-electron chi connectivity index (χ3n) is 2.65. The lowest BCUT2D eigenvalue weighted by Crippen LogP contribution is -2.30. The zero-order chi connectivity index (χ0) is 12.1. The number of hydrogen-bond acceptors (Lipinski definition) is 4. The molecule has 1 heterocycles. The molecule has 1 aromatic carbocycles. The summed E-state index contributed by atoms with van der Waals surface area (Å²) >= 11 is 1.55. The van der Waals surface area contributed by atoms with Gasteiger partial charge in [-0.2, -0.15) is 0 Å². The van der Waals surface area contributed by atoms with Crippen molar-refractivity contribution in [3.63, 3.8) is 0 Å². The number of rotatable bonds is 5. The van der Waals surface area contributed by atoms with Gasteiger partial charge in [0.05, 0.1) is 18.5 Å². The van der Waals surface area contributed by atoms with E-state index in [1.165, 1.54) is 0 Å². The number of ether oxygens (including phenoxy) is 2. The average molecular weight is 252 g/mol. The lowest BCUT2D eigenvalue weighted by molar-refractivity contribution is -0.148. The van der Waals surface area contributed by atoms with Crippen LogP contribution in [0.4, 0.5) is 0 Å². The zero-order valence-corrected chi connectivity index (χ0v) is 10.6. The normalized spacial score (nSPS) is 20.1. The van der Waals surface area contributed by atoms with Crippen LogP contribution in [0.3, 0.4) is 0 Å². The van der Waals surface area contributed by atoms with E-state index in [1.54, 1.807) is 11.8 Å². The fourth-order valence-corrected chi connectivity index (χ4v) is 2.94. The van der Waals surface area contributed by atoms with Crippen molar-refractivity contribution in [1.82, 2.24) is 0 Å². The summed E-state index contributed by atoms with van der Waals surface area (Å²) in [6.07, 6.45) is 1.55. The molecule has 2 rings (SSSR count). The Hall–Kier alpha value is -0.840. The largest absolute Gasteiger partial charge is 0.348 e. The van der Waals surface area contributed by atoms with Crippen molar-refractivity contribution >= 4 is 18.0 Å². The number of carbonyl (C=O) groups excluding carboxylic acids is 1. The number of thioether (sulfide) groups is 1. The summed E-state index contributed by atoms with van der Waals surface area (Å²) < 4.78 is 11.0. The number of hydrogen-bond donors (Lipinski definition) is 0. The van der Waals surface area contributed by atoms with Gasteiger partial charge in [0.25, 0.3) is 0 Å². The van der Waals surface area contributed by atoms with Gasteiger partial charge in [0.2, 0.25) is 0 Å². The van der Waals surface area contributed by atoms with Crippen LogP contribution in [0.2, 0.25) is 0 Å². The molecular weight excluding hydrogens is 236 g/mol. The molecule has 4 heteroatoms. The van der Waals surface area contributed by atoms with Crippen molar-refractivity contribution in [2.75, 3.05) is 13.2 Å². The van der Waals surface area contributed by atoms with Crippen molar-refractivity contribution in [3.05, 3.63) is 30.3 Å². The van der Waals surface area contributed by atoms with Gasteiger partial charge in [0.15, 0.2) is 5.79 Å². The summed E-state index contributed by atoms with van der Waals surface area (Å²) in [5, 5.41) is -0.138. The molecule has 1 atom stereocenters. The smallest absolute Gasteiger partial charge is 0.167 e. The first-order valence-electron chi connectivity index (χ1n) is 5.67. The Balaban J connectivity index is 1.95. The molecule has 17 heavy (non-hydrogen) atoms. The van der Waals surface area contributed by atoms with Crippen LogP contribution < -0.4 is 0 Å². The predicted molar refractivity (Wildman–Crippen MR) is 67.1 cm³/mol. The maximum atomic E-state index is 11.1. The van der Waals surface area contributed by atoms with Crippen LogP contribution in [0.25, 0.3) is 0 Å². The Morgan fingerprint density at radius 1 is 1.35 bits per heavy atom. The third kappa shape index (κ3) is 3.56. The van der Waals surface area contributed by atoms with Gasteiger partial charge >= 0.3 is 0 Å². The van der Waals surface area contributed by atoms with Gasteiger partial charge in [-0.3, -0.25) is 0 Å². The first kappa shape index (κ1) is 12.6. The number of aldehydes is 1. The molecule has 0 spiro atoms. The van der Waals surface area contributed by atoms with Crippen LogP contribution >= 0.6 is 11.8 Å². The predicted octanol–water partition coefficient (Wildman–Crippen LogP) is 2.50. The van der Waals surface area contributed by atoms with E-state index in [0.29, 0.717) is 19.6 Å². The van der Waals surface area contributed by atoms with E-state index in [2.05, 4.69) is 0 Å². The third-order valence-corrected chi connectivity index (χ3v) is 3.78. The van der Waals surface area contributed by atoms with Gasteiger partial charge in [-0.15, -0.1) is 11.8 Å². The molecule has 1 aromatic rings. The van der Waals surface area contributed by atoms with Crippen molar-refractivity contribution in [3.8, 4) is 0 Å². The highest BCUT2D eigenvalue weighted by Crippen LogP contribution is 2.31. The summed E-state index contributed by atoms with van der Waals surface area (Å²) in [6, 6.07) is 9.90. The van der Waals surface area contributed by atoms with Crippen LogP contribution in [0.1, 0.15) is 13.3 Å². The van der Waals surface area contributed by atoms with Crippen LogP contribution in [-0.2, 0) is 14.3 Å². The Labute approximate surface area is 105 Å². The van der Waals surface area contributed by atoms with E-state index in [9.17, 15) is 4.79 Å². The van der Waals surface area contributed by atoms with Gasteiger partial charge in [-0.05, 0) is 19.1 Å². The first-order chi connectivity index (χ1) is 8.22. The Morgan fingerprint density at radius 3 is 2.59 bits per heavy atom. The molecule has 1 unspecified atom stereocenters. The van der Waals surface area contributed by atoms with Gasteiger partial charge < -0.3 is 14.3 Å². The topological polar surface area (TPSA) is 35.5 Å². The summed E-state index contributed by atoms with van der Waals surface area (Å²) in [7, 11) is 0. The monoisotopic (exact) mass is 252 g/mol. The molecule has 0 aliphatic carbocycles. The lowest BCUT2D eigenvalue weighted by atomic mass is 10.2. The molecule has 1 aliphatic rings. The lowest BCUT2D eigenvalue weighted by Gasteiger charge is -2.24. The van der Waals surface area contributed by atoms with E-state index in [0.717, 1.165) is 11.2 Å². The standard InChI is InChI=1S/C13H16O3S/c1-13(15-7-8-16-13)9-12(10-14)17-11-5-3-2-4-6-11/h2-6,10,12H,7-9H2,1H3. The molecule has 3 nitrogen and oxygen atoms in total. The first-order valence-corrected chi connectivity index (χ1v) is 6.55. The van der Waals surface area contributed by atoms with Gasteiger partial charge in [-0.1, -0.05) is 18.2 Å². The molecule has 0 aromatic heterocycles. The molecule has 0 N–H and O–H groups in total. The van der Waals surface area contributed by atoms with Crippen molar-refractivity contribution in [1.29, 1.82) is 0 Å². The van der Waals surface area contributed by atoms with Crippen LogP contribution in [0, 0.1) is 0 Å². The average Bonchev–Trinajstić information content (AvgIpc) is 2.76. The van der Waals surface area contributed by atoms with Gasteiger partial charge in [0.1, 0.15) is 6.29 Å². The molecule has 1 aliphatic heterocycles. The van der Waals surface area contributed by atoms with E-state index >= 15 is 0 Å². The zero-order valence-electron chi connectivity index (χ0n) is 9.80. The fourth-order valence-electron chi connectivity index (χ4n) is 1.83. The molecular formula is C13H16O3S. The Kier molecular flexibility index (Phi) is 4.20. The SMILES string of the molecule is CC1(CC(C=O)Sc2ccccc2)OCCO1. The quantitative estimate of drug-likeness (QED) is 0.596. The second kappa shape index (κ2) is 5.67. The Morgan fingerprint density at radius 2 is 2.00 bits per heavy atom. The minimum atomic E-state index is -0.604. The highest BCUT2D eigenvalue weighted by atomic mass is 32.2. The second-order valence-electron chi connectivity index (χ2n) is 4.14. The molecule has 1 fully saturated rings.